The van der Waals surface area contributed by atoms with E-state index in [1.54, 1.807) is 22.9 Å². The van der Waals surface area contributed by atoms with Crippen LogP contribution in [0, 0.1) is 0 Å². The Labute approximate surface area is 125 Å². The highest BCUT2D eigenvalue weighted by Gasteiger charge is 2.04. The maximum atomic E-state index is 12.1. The monoisotopic (exact) mass is 295 g/mol. The summed E-state index contributed by atoms with van der Waals surface area (Å²) in [6.45, 7) is 3.25. The van der Waals surface area contributed by atoms with Gasteiger partial charge >= 0.3 is 5.97 Å². The first-order valence-electron chi connectivity index (χ1n) is 7.69. The van der Waals surface area contributed by atoms with Crippen molar-refractivity contribution < 1.29 is 14.6 Å². The molecule has 1 N–H and O–H groups in total. The van der Waals surface area contributed by atoms with Crippen molar-refractivity contribution in [1.82, 2.24) is 4.57 Å². The van der Waals surface area contributed by atoms with Crippen LogP contribution in [-0.2, 0) is 11.3 Å². The Balaban J connectivity index is 2.42. The van der Waals surface area contributed by atoms with E-state index in [-0.39, 0.29) is 12.0 Å². The molecule has 0 saturated carbocycles. The Bertz CT molecular complexity index is 481. The maximum absolute atomic E-state index is 12.1. The van der Waals surface area contributed by atoms with E-state index < -0.39 is 5.97 Å². The number of hydrogen-bond acceptors (Lipinski definition) is 3. The molecule has 1 aromatic heterocycles. The number of carboxylic acids is 1. The molecule has 0 aliphatic carbocycles. The Morgan fingerprint density at radius 3 is 2.76 bits per heavy atom. The van der Waals surface area contributed by atoms with Crippen molar-refractivity contribution in [3.8, 4) is 5.75 Å². The third kappa shape index (κ3) is 6.97. The molecule has 1 heterocycles. The van der Waals surface area contributed by atoms with Gasteiger partial charge in [-0.2, -0.15) is 0 Å². The molecule has 0 atom stereocenters. The number of carboxylic acid groups (broad SMARTS) is 1. The topological polar surface area (TPSA) is 68.5 Å². The fourth-order valence-corrected chi connectivity index (χ4v) is 2.07. The van der Waals surface area contributed by atoms with E-state index in [4.69, 9.17) is 9.84 Å². The average molecular weight is 295 g/mol. The lowest BCUT2D eigenvalue weighted by molar-refractivity contribution is -0.137. The zero-order valence-electron chi connectivity index (χ0n) is 12.7. The summed E-state index contributed by atoms with van der Waals surface area (Å²) in [7, 11) is 0. The van der Waals surface area contributed by atoms with Crippen LogP contribution in [-0.4, -0.2) is 22.2 Å². The molecule has 5 heteroatoms. The quantitative estimate of drug-likeness (QED) is 0.637. The standard InChI is InChI=1S/C16H25NO4/c1-2-3-4-7-13-21-14-9-8-12-17(16(14)20)11-6-5-10-15(18)19/h8-9,12H,2-7,10-11,13H2,1H3,(H,18,19). The van der Waals surface area contributed by atoms with Crippen LogP contribution in [0.5, 0.6) is 5.75 Å². The molecule has 0 aliphatic rings. The summed E-state index contributed by atoms with van der Waals surface area (Å²) in [5, 5.41) is 8.58. The predicted molar refractivity (Wildman–Crippen MR) is 81.8 cm³/mol. The molecule has 1 rings (SSSR count). The highest BCUT2D eigenvalue weighted by Crippen LogP contribution is 2.06. The van der Waals surface area contributed by atoms with Crippen molar-refractivity contribution in [2.45, 2.75) is 58.4 Å². The Morgan fingerprint density at radius 1 is 1.24 bits per heavy atom. The van der Waals surface area contributed by atoms with Gasteiger partial charge in [-0.15, -0.1) is 0 Å². The number of ether oxygens (including phenoxy) is 1. The molecular formula is C16H25NO4. The number of aliphatic carboxylic acids is 1. The molecule has 5 nitrogen and oxygen atoms in total. The van der Waals surface area contributed by atoms with Crippen molar-refractivity contribution in [3.63, 3.8) is 0 Å². The van der Waals surface area contributed by atoms with Crippen molar-refractivity contribution >= 4 is 5.97 Å². The van der Waals surface area contributed by atoms with E-state index in [1.165, 1.54) is 12.8 Å². The molecule has 0 radical (unpaired) electrons. The minimum absolute atomic E-state index is 0.136. The zero-order chi connectivity index (χ0) is 15.5. The van der Waals surface area contributed by atoms with Gasteiger partial charge in [-0.3, -0.25) is 9.59 Å². The fraction of sp³-hybridized carbons (Fsp3) is 0.625. The van der Waals surface area contributed by atoms with Crippen LogP contribution in [0.1, 0.15) is 51.9 Å². The molecule has 0 spiro atoms. The van der Waals surface area contributed by atoms with Gasteiger partial charge in [0.2, 0.25) is 0 Å². The summed E-state index contributed by atoms with van der Waals surface area (Å²) in [5.74, 6) is -0.418. The van der Waals surface area contributed by atoms with E-state index in [1.807, 2.05) is 0 Å². The van der Waals surface area contributed by atoms with Crippen molar-refractivity contribution in [3.05, 3.63) is 28.7 Å². The molecule has 0 fully saturated rings. The Hall–Kier alpha value is -1.78. The summed E-state index contributed by atoms with van der Waals surface area (Å²) in [4.78, 5) is 22.6. The van der Waals surface area contributed by atoms with E-state index in [2.05, 4.69) is 6.92 Å². The molecule has 0 bridgehead atoms. The van der Waals surface area contributed by atoms with Crippen LogP contribution in [0.25, 0.3) is 0 Å². The smallest absolute Gasteiger partial charge is 0.303 e. The van der Waals surface area contributed by atoms with Gasteiger partial charge in [-0.1, -0.05) is 26.2 Å². The summed E-state index contributed by atoms with van der Waals surface area (Å²) in [6.07, 6.45) is 7.54. The van der Waals surface area contributed by atoms with Crippen LogP contribution < -0.4 is 10.3 Å². The van der Waals surface area contributed by atoms with Gasteiger partial charge in [0, 0.05) is 19.2 Å². The van der Waals surface area contributed by atoms with E-state index >= 15 is 0 Å². The van der Waals surface area contributed by atoms with Crippen LogP contribution in [0.4, 0.5) is 0 Å². The summed E-state index contributed by atoms with van der Waals surface area (Å²) < 4.78 is 7.13. The molecule has 0 aromatic carbocycles. The fourth-order valence-electron chi connectivity index (χ4n) is 2.07. The third-order valence-electron chi connectivity index (χ3n) is 3.28. The molecule has 0 aliphatic heterocycles. The molecule has 0 saturated heterocycles. The molecule has 0 amide bonds. The van der Waals surface area contributed by atoms with Crippen molar-refractivity contribution in [1.29, 1.82) is 0 Å². The normalized spacial score (nSPS) is 10.5. The van der Waals surface area contributed by atoms with Gasteiger partial charge in [0.25, 0.3) is 5.56 Å². The van der Waals surface area contributed by atoms with Gasteiger partial charge in [0.15, 0.2) is 5.75 Å². The summed E-state index contributed by atoms with van der Waals surface area (Å²) in [6, 6.07) is 3.48. The summed E-state index contributed by atoms with van der Waals surface area (Å²) >= 11 is 0. The number of pyridine rings is 1. The highest BCUT2D eigenvalue weighted by atomic mass is 16.5. The number of aryl methyl sites for hydroxylation is 1. The lowest BCUT2D eigenvalue weighted by atomic mass is 10.2. The second-order valence-electron chi connectivity index (χ2n) is 5.13. The molecule has 21 heavy (non-hydrogen) atoms. The van der Waals surface area contributed by atoms with Gasteiger partial charge in [0.05, 0.1) is 6.61 Å². The highest BCUT2D eigenvalue weighted by molar-refractivity contribution is 5.66. The number of aromatic nitrogens is 1. The number of unbranched alkanes of at least 4 members (excludes halogenated alkanes) is 4. The van der Waals surface area contributed by atoms with Crippen molar-refractivity contribution in [2.24, 2.45) is 0 Å². The minimum atomic E-state index is -0.800. The number of rotatable bonds is 11. The largest absolute Gasteiger partial charge is 0.488 e. The molecule has 118 valence electrons. The molecule has 1 aromatic rings. The van der Waals surface area contributed by atoms with Gasteiger partial charge in [0.1, 0.15) is 0 Å². The van der Waals surface area contributed by atoms with Crippen molar-refractivity contribution in [2.75, 3.05) is 6.61 Å². The van der Waals surface area contributed by atoms with E-state index in [0.29, 0.717) is 31.7 Å². The Kier molecular flexibility index (Phi) is 8.24. The Morgan fingerprint density at radius 2 is 2.05 bits per heavy atom. The zero-order valence-corrected chi connectivity index (χ0v) is 12.7. The van der Waals surface area contributed by atoms with Crippen LogP contribution in [0.15, 0.2) is 23.1 Å². The first-order chi connectivity index (χ1) is 10.1. The van der Waals surface area contributed by atoms with E-state index in [0.717, 1.165) is 12.8 Å². The first-order valence-corrected chi connectivity index (χ1v) is 7.69. The van der Waals surface area contributed by atoms with Crippen LogP contribution in [0.2, 0.25) is 0 Å². The second-order valence-corrected chi connectivity index (χ2v) is 5.13. The van der Waals surface area contributed by atoms with Gasteiger partial charge < -0.3 is 14.4 Å². The van der Waals surface area contributed by atoms with Crippen LogP contribution >= 0.6 is 0 Å². The third-order valence-corrected chi connectivity index (χ3v) is 3.28. The van der Waals surface area contributed by atoms with Crippen LogP contribution in [0.3, 0.4) is 0 Å². The molecule has 0 unspecified atom stereocenters. The van der Waals surface area contributed by atoms with Gasteiger partial charge in [-0.05, 0) is 31.4 Å². The second kappa shape index (κ2) is 10.0. The number of nitrogens with zero attached hydrogens (tertiary/aromatic N) is 1. The number of hydrogen-bond donors (Lipinski definition) is 1. The summed E-state index contributed by atoms with van der Waals surface area (Å²) in [5.41, 5.74) is -0.136. The minimum Gasteiger partial charge on any atom is -0.488 e. The van der Waals surface area contributed by atoms with Gasteiger partial charge in [-0.25, -0.2) is 0 Å². The first kappa shape index (κ1) is 17.3. The lowest BCUT2D eigenvalue weighted by Gasteiger charge is -2.09. The lowest BCUT2D eigenvalue weighted by Crippen LogP contribution is -2.21. The molecular weight excluding hydrogens is 270 g/mol. The maximum Gasteiger partial charge on any atom is 0.303 e. The predicted octanol–water partition coefficient (Wildman–Crippen LogP) is 3.06. The average Bonchev–Trinajstić information content (AvgIpc) is 2.46. The number of carbonyl (C=O) groups is 1. The van der Waals surface area contributed by atoms with E-state index in [9.17, 15) is 9.59 Å². The SMILES string of the molecule is CCCCCCOc1cccn(CCCCC(=O)O)c1=O.